The lowest BCUT2D eigenvalue weighted by atomic mass is 10.0. The number of hydrogen-bond acceptors (Lipinski definition) is 4. The van der Waals surface area contributed by atoms with Crippen molar-refractivity contribution in [1.29, 1.82) is 0 Å². The lowest BCUT2D eigenvalue weighted by molar-refractivity contribution is -0.135. The summed E-state index contributed by atoms with van der Waals surface area (Å²) >= 11 is 6.38. The van der Waals surface area contributed by atoms with Crippen LogP contribution in [-0.4, -0.2) is 79.5 Å². The van der Waals surface area contributed by atoms with E-state index < -0.39 is 0 Å². The van der Waals surface area contributed by atoms with Crippen LogP contribution in [-0.2, 0) is 4.79 Å². The maximum absolute atomic E-state index is 12.9. The average molecular weight is 365 g/mol. The van der Waals surface area contributed by atoms with Gasteiger partial charge in [-0.15, -0.1) is 0 Å². The predicted molar refractivity (Wildman–Crippen MR) is 102 cm³/mol. The van der Waals surface area contributed by atoms with E-state index in [9.17, 15) is 4.79 Å². The summed E-state index contributed by atoms with van der Waals surface area (Å²) in [6, 6.07) is 7.90. The molecule has 0 saturated carbocycles. The van der Waals surface area contributed by atoms with E-state index in [4.69, 9.17) is 11.6 Å². The summed E-state index contributed by atoms with van der Waals surface area (Å²) in [5, 5.41) is 4.13. The third-order valence-electron chi connectivity index (χ3n) is 5.38. The van der Waals surface area contributed by atoms with Gasteiger partial charge in [-0.25, -0.2) is 0 Å². The number of benzene rings is 1. The van der Waals surface area contributed by atoms with Gasteiger partial charge >= 0.3 is 0 Å². The van der Waals surface area contributed by atoms with Gasteiger partial charge in [0, 0.05) is 63.8 Å². The van der Waals surface area contributed by atoms with E-state index in [2.05, 4.69) is 22.0 Å². The first-order valence-corrected chi connectivity index (χ1v) is 9.76. The number of hydrogen-bond donors (Lipinski definition) is 1. The van der Waals surface area contributed by atoms with Gasteiger partial charge in [0.25, 0.3) is 0 Å². The molecule has 138 valence electrons. The minimum atomic E-state index is 0.0342. The Bertz CT molecular complexity index is 574. The molecule has 2 heterocycles. The van der Waals surface area contributed by atoms with Gasteiger partial charge in [0.15, 0.2) is 0 Å². The number of piperazine rings is 2. The van der Waals surface area contributed by atoms with Crippen LogP contribution in [0.5, 0.6) is 0 Å². The summed E-state index contributed by atoms with van der Waals surface area (Å²) in [7, 11) is 0. The number of likely N-dealkylation sites (N-methyl/N-ethyl adjacent to an activating group) is 1. The Kier molecular flexibility index (Phi) is 6.70. The van der Waals surface area contributed by atoms with Gasteiger partial charge in [-0.1, -0.05) is 36.7 Å². The number of nitrogens with zero attached hydrogens (tertiary/aromatic N) is 3. The Balaban J connectivity index is 1.57. The topological polar surface area (TPSA) is 38.8 Å². The SMILES string of the molecule is CCN1CCN(CCC(=O)N2CCNCC2c2ccccc2Cl)CC1. The summed E-state index contributed by atoms with van der Waals surface area (Å²) in [6.07, 6.45) is 0.590. The molecule has 1 atom stereocenters. The molecule has 5 nitrogen and oxygen atoms in total. The second-order valence-corrected chi connectivity index (χ2v) is 7.26. The van der Waals surface area contributed by atoms with Gasteiger partial charge in [0.1, 0.15) is 0 Å². The third-order valence-corrected chi connectivity index (χ3v) is 5.73. The number of carbonyl (C=O) groups is 1. The molecule has 2 aliphatic rings. The van der Waals surface area contributed by atoms with Crippen LogP contribution >= 0.6 is 11.6 Å². The van der Waals surface area contributed by atoms with Crippen LogP contribution in [0.15, 0.2) is 24.3 Å². The first-order valence-electron chi connectivity index (χ1n) is 9.38. The van der Waals surface area contributed by atoms with E-state index in [0.29, 0.717) is 6.42 Å². The Hall–Kier alpha value is -1.14. The molecular formula is C19H29ClN4O. The summed E-state index contributed by atoms with van der Waals surface area (Å²) < 4.78 is 0. The molecule has 0 aromatic heterocycles. The van der Waals surface area contributed by atoms with Crippen LogP contribution in [0, 0.1) is 0 Å². The lowest BCUT2D eigenvalue weighted by Crippen LogP contribution is -2.50. The van der Waals surface area contributed by atoms with Crippen molar-refractivity contribution in [3.05, 3.63) is 34.9 Å². The highest BCUT2D eigenvalue weighted by Crippen LogP contribution is 2.28. The van der Waals surface area contributed by atoms with Gasteiger partial charge in [0.05, 0.1) is 6.04 Å². The number of halogens is 1. The molecule has 2 fully saturated rings. The summed E-state index contributed by atoms with van der Waals surface area (Å²) in [4.78, 5) is 19.8. The smallest absolute Gasteiger partial charge is 0.224 e. The number of amides is 1. The van der Waals surface area contributed by atoms with Crippen molar-refractivity contribution < 1.29 is 4.79 Å². The molecule has 0 radical (unpaired) electrons. The van der Waals surface area contributed by atoms with E-state index in [1.807, 2.05) is 29.2 Å². The molecule has 1 unspecified atom stereocenters. The highest BCUT2D eigenvalue weighted by atomic mass is 35.5. The fourth-order valence-electron chi connectivity index (χ4n) is 3.75. The molecule has 0 bridgehead atoms. The molecular weight excluding hydrogens is 336 g/mol. The third kappa shape index (κ3) is 4.73. The maximum Gasteiger partial charge on any atom is 0.224 e. The van der Waals surface area contributed by atoms with Gasteiger partial charge in [-0.3, -0.25) is 4.79 Å². The van der Waals surface area contributed by atoms with Gasteiger partial charge in [-0.2, -0.15) is 0 Å². The molecule has 6 heteroatoms. The average Bonchev–Trinajstić information content (AvgIpc) is 2.67. The molecule has 2 aliphatic heterocycles. The molecule has 0 aliphatic carbocycles. The van der Waals surface area contributed by atoms with Crippen molar-refractivity contribution in [2.45, 2.75) is 19.4 Å². The summed E-state index contributed by atoms with van der Waals surface area (Å²) in [5.74, 6) is 0.240. The second kappa shape index (κ2) is 8.99. The number of rotatable bonds is 5. The van der Waals surface area contributed by atoms with Crippen molar-refractivity contribution in [1.82, 2.24) is 20.0 Å². The Morgan fingerprint density at radius 3 is 2.60 bits per heavy atom. The molecule has 1 N–H and O–H groups in total. The first-order chi connectivity index (χ1) is 12.2. The van der Waals surface area contributed by atoms with Gasteiger partial charge < -0.3 is 20.0 Å². The van der Waals surface area contributed by atoms with E-state index in [1.165, 1.54) is 0 Å². The standard InChI is InChI=1S/C19H29ClN4O/c1-2-22-11-13-23(14-12-22)9-7-19(25)24-10-8-21-15-18(24)16-5-3-4-6-17(16)20/h3-6,18,21H,2,7-15H2,1H3. The van der Waals surface area contributed by atoms with E-state index in [-0.39, 0.29) is 11.9 Å². The monoisotopic (exact) mass is 364 g/mol. The zero-order chi connectivity index (χ0) is 17.6. The van der Waals surface area contributed by atoms with Crippen molar-refractivity contribution >= 4 is 17.5 Å². The lowest BCUT2D eigenvalue weighted by Gasteiger charge is -2.38. The van der Waals surface area contributed by atoms with E-state index in [1.54, 1.807) is 0 Å². The largest absolute Gasteiger partial charge is 0.333 e. The molecule has 1 aromatic carbocycles. The zero-order valence-corrected chi connectivity index (χ0v) is 15.8. The fraction of sp³-hybridized carbons (Fsp3) is 0.632. The van der Waals surface area contributed by atoms with Gasteiger partial charge in [0.2, 0.25) is 5.91 Å². The Labute approximate surface area is 155 Å². The van der Waals surface area contributed by atoms with Crippen molar-refractivity contribution in [2.75, 3.05) is 58.9 Å². The highest BCUT2D eigenvalue weighted by Gasteiger charge is 2.29. The highest BCUT2D eigenvalue weighted by molar-refractivity contribution is 6.31. The van der Waals surface area contributed by atoms with E-state index >= 15 is 0 Å². The van der Waals surface area contributed by atoms with E-state index in [0.717, 1.165) is 69.5 Å². The molecule has 1 aromatic rings. The fourth-order valence-corrected chi connectivity index (χ4v) is 4.01. The number of carbonyl (C=O) groups excluding carboxylic acids is 1. The molecule has 1 amide bonds. The normalized spacial score (nSPS) is 23.0. The van der Waals surface area contributed by atoms with Crippen molar-refractivity contribution in [3.8, 4) is 0 Å². The predicted octanol–water partition coefficient (Wildman–Crippen LogP) is 1.84. The van der Waals surface area contributed by atoms with Crippen LogP contribution in [0.4, 0.5) is 0 Å². The van der Waals surface area contributed by atoms with Crippen LogP contribution < -0.4 is 5.32 Å². The molecule has 3 rings (SSSR count). The summed E-state index contributed by atoms with van der Waals surface area (Å²) in [5.41, 5.74) is 1.04. The molecule has 0 spiro atoms. The molecule has 25 heavy (non-hydrogen) atoms. The zero-order valence-electron chi connectivity index (χ0n) is 15.1. The van der Waals surface area contributed by atoms with Crippen LogP contribution in [0.3, 0.4) is 0 Å². The van der Waals surface area contributed by atoms with Crippen LogP contribution in [0.2, 0.25) is 5.02 Å². The maximum atomic E-state index is 12.9. The first kappa shape index (κ1) is 18.6. The minimum absolute atomic E-state index is 0.0342. The minimum Gasteiger partial charge on any atom is -0.333 e. The second-order valence-electron chi connectivity index (χ2n) is 6.85. The molecule has 2 saturated heterocycles. The van der Waals surface area contributed by atoms with Crippen molar-refractivity contribution in [3.63, 3.8) is 0 Å². The number of nitrogens with one attached hydrogen (secondary N) is 1. The van der Waals surface area contributed by atoms with Crippen molar-refractivity contribution in [2.24, 2.45) is 0 Å². The van der Waals surface area contributed by atoms with Crippen LogP contribution in [0.1, 0.15) is 24.9 Å². The Morgan fingerprint density at radius 2 is 1.88 bits per heavy atom. The van der Waals surface area contributed by atoms with Gasteiger partial charge in [-0.05, 0) is 18.2 Å². The quantitative estimate of drug-likeness (QED) is 0.865. The summed E-state index contributed by atoms with van der Waals surface area (Å²) in [6.45, 7) is 10.9. The van der Waals surface area contributed by atoms with Crippen LogP contribution in [0.25, 0.3) is 0 Å². The Morgan fingerprint density at radius 1 is 1.16 bits per heavy atom.